The quantitative estimate of drug-likeness (QED) is 0.747. The van der Waals surface area contributed by atoms with Crippen LogP contribution in [-0.4, -0.2) is 12.2 Å². The number of nitrogens with one attached hydrogen (secondary N) is 2. The van der Waals surface area contributed by atoms with Crippen LogP contribution in [0, 0.1) is 12.8 Å². The van der Waals surface area contributed by atoms with Crippen molar-refractivity contribution in [1.82, 2.24) is 10.9 Å². The van der Waals surface area contributed by atoms with Crippen LogP contribution in [0.3, 0.4) is 0 Å². The summed E-state index contributed by atoms with van der Waals surface area (Å²) in [6, 6.07) is 9.14. The third-order valence-electron chi connectivity index (χ3n) is 3.44. The van der Waals surface area contributed by atoms with E-state index in [1.807, 2.05) is 0 Å². The fourth-order valence-electron chi connectivity index (χ4n) is 2.57. The Labute approximate surface area is 104 Å². The van der Waals surface area contributed by atoms with Crippen molar-refractivity contribution in [3.8, 4) is 0 Å². The molecule has 1 saturated heterocycles. The average Bonchev–Trinajstić information content (AvgIpc) is 2.61. The lowest BCUT2D eigenvalue weighted by Crippen LogP contribution is -2.38. The van der Waals surface area contributed by atoms with E-state index in [2.05, 4.69) is 55.9 Å². The summed E-state index contributed by atoms with van der Waals surface area (Å²) in [5, 5.41) is 0. The second-order valence-corrected chi connectivity index (χ2v) is 5.49. The molecule has 0 saturated carbocycles. The number of benzene rings is 1. The van der Waals surface area contributed by atoms with Crippen LogP contribution < -0.4 is 16.6 Å². The zero-order valence-electron chi connectivity index (χ0n) is 10.9. The topological polar surface area (TPSA) is 50.1 Å². The minimum absolute atomic E-state index is 0.00135. The third-order valence-corrected chi connectivity index (χ3v) is 3.44. The van der Waals surface area contributed by atoms with E-state index in [-0.39, 0.29) is 6.17 Å². The number of hydrogen-bond acceptors (Lipinski definition) is 3. The van der Waals surface area contributed by atoms with Gasteiger partial charge in [-0.05, 0) is 24.8 Å². The predicted molar refractivity (Wildman–Crippen MR) is 71.4 cm³/mol. The lowest BCUT2D eigenvalue weighted by Gasteiger charge is -2.22. The van der Waals surface area contributed by atoms with Gasteiger partial charge in [0.25, 0.3) is 0 Å². The van der Waals surface area contributed by atoms with Gasteiger partial charge in [-0.15, -0.1) is 0 Å². The van der Waals surface area contributed by atoms with Gasteiger partial charge in [-0.25, -0.2) is 5.43 Å². The number of hydrogen-bond donors (Lipinski definition) is 3. The van der Waals surface area contributed by atoms with E-state index in [0.717, 1.165) is 6.42 Å². The highest BCUT2D eigenvalue weighted by Gasteiger charge is 2.34. The molecule has 1 aromatic carbocycles. The van der Waals surface area contributed by atoms with E-state index in [0.29, 0.717) is 17.9 Å². The van der Waals surface area contributed by atoms with Crippen molar-refractivity contribution in [3.63, 3.8) is 0 Å². The smallest absolute Gasteiger partial charge is 0.0764 e. The minimum atomic E-state index is 0.00135. The molecule has 0 aromatic heterocycles. The molecule has 17 heavy (non-hydrogen) atoms. The molecule has 3 nitrogen and oxygen atoms in total. The van der Waals surface area contributed by atoms with Crippen LogP contribution in [-0.2, 0) is 0 Å². The fourth-order valence-corrected chi connectivity index (χ4v) is 2.57. The van der Waals surface area contributed by atoms with Crippen LogP contribution in [0.5, 0.6) is 0 Å². The molecule has 0 aliphatic carbocycles. The van der Waals surface area contributed by atoms with Gasteiger partial charge in [0.05, 0.1) is 6.17 Å². The van der Waals surface area contributed by atoms with Gasteiger partial charge in [-0.3, -0.25) is 5.43 Å². The summed E-state index contributed by atoms with van der Waals surface area (Å²) in [4.78, 5) is 0. The SMILES string of the molecule is Cc1ccc(C2C(N)NNC2CC(C)C)cc1. The average molecular weight is 233 g/mol. The van der Waals surface area contributed by atoms with Crippen LogP contribution in [0.2, 0.25) is 0 Å². The molecule has 0 radical (unpaired) electrons. The molecular formula is C14H23N3. The van der Waals surface area contributed by atoms with Crippen LogP contribution in [0.4, 0.5) is 0 Å². The molecular weight excluding hydrogens is 210 g/mol. The Balaban J connectivity index is 2.18. The first-order valence-electron chi connectivity index (χ1n) is 6.41. The monoisotopic (exact) mass is 233 g/mol. The molecule has 3 heteroatoms. The third kappa shape index (κ3) is 2.86. The van der Waals surface area contributed by atoms with Crippen LogP contribution in [0.15, 0.2) is 24.3 Å². The van der Waals surface area contributed by atoms with Crippen molar-refractivity contribution in [2.45, 2.75) is 45.3 Å². The van der Waals surface area contributed by atoms with Gasteiger partial charge < -0.3 is 5.73 Å². The molecule has 0 amide bonds. The Morgan fingerprint density at radius 2 is 1.82 bits per heavy atom. The Bertz CT molecular complexity index is 358. The van der Waals surface area contributed by atoms with Gasteiger partial charge in [0.1, 0.15) is 0 Å². The summed E-state index contributed by atoms with van der Waals surface area (Å²) in [7, 11) is 0. The highest BCUT2D eigenvalue weighted by Crippen LogP contribution is 2.28. The van der Waals surface area contributed by atoms with Crippen molar-refractivity contribution in [2.24, 2.45) is 11.7 Å². The largest absolute Gasteiger partial charge is 0.314 e. The van der Waals surface area contributed by atoms with Gasteiger partial charge in [0, 0.05) is 12.0 Å². The summed E-state index contributed by atoms with van der Waals surface area (Å²) in [5.41, 5.74) is 15.3. The van der Waals surface area contributed by atoms with E-state index in [4.69, 9.17) is 5.73 Å². The molecule has 4 N–H and O–H groups in total. The summed E-state index contributed by atoms with van der Waals surface area (Å²) in [5.74, 6) is 1.03. The summed E-state index contributed by atoms with van der Waals surface area (Å²) in [6.45, 7) is 6.61. The molecule has 1 fully saturated rings. The van der Waals surface area contributed by atoms with E-state index in [1.165, 1.54) is 11.1 Å². The normalized spacial score (nSPS) is 28.9. The summed E-state index contributed by atoms with van der Waals surface area (Å²) >= 11 is 0. The van der Waals surface area contributed by atoms with Gasteiger partial charge in [-0.1, -0.05) is 43.7 Å². The molecule has 0 spiro atoms. The maximum absolute atomic E-state index is 6.14. The molecule has 1 heterocycles. The highest BCUT2D eigenvalue weighted by molar-refractivity contribution is 5.28. The summed E-state index contributed by atoms with van der Waals surface area (Å²) < 4.78 is 0. The predicted octanol–water partition coefficient (Wildman–Crippen LogP) is 1.89. The van der Waals surface area contributed by atoms with Crippen molar-refractivity contribution in [1.29, 1.82) is 0 Å². The zero-order valence-corrected chi connectivity index (χ0v) is 10.9. The Morgan fingerprint density at radius 1 is 1.18 bits per heavy atom. The maximum Gasteiger partial charge on any atom is 0.0764 e. The van der Waals surface area contributed by atoms with Crippen LogP contribution >= 0.6 is 0 Å². The van der Waals surface area contributed by atoms with Crippen molar-refractivity contribution >= 4 is 0 Å². The summed E-state index contributed by atoms with van der Waals surface area (Å²) in [6.07, 6.45) is 1.14. The number of aryl methyl sites for hydroxylation is 1. The lowest BCUT2D eigenvalue weighted by molar-refractivity contribution is 0.422. The molecule has 1 aromatic rings. The van der Waals surface area contributed by atoms with Gasteiger partial charge in [0.2, 0.25) is 0 Å². The van der Waals surface area contributed by atoms with Gasteiger partial charge in [0.15, 0.2) is 0 Å². The van der Waals surface area contributed by atoms with Crippen LogP contribution in [0.25, 0.3) is 0 Å². The first kappa shape index (κ1) is 12.6. The molecule has 2 rings (SSSR count). The van der Waals surface area contributed by atoms with E-state index < -0.39 is 0 Å². The Morgan fingerprint density at radius 3 is 2.41 bits per heavy atom. The molecule has 1 aliphatic rings. The van der Waals surface area contributed by atoms with Crippen LogP contribution in [0.1, 0.15) is 37.3 Å². The highest BCUT2D eigenvalue weighted by atomic mass is 15.5. The molecule has 3 atom stereocenters. The molecule has 1 aliphatic heterocycles. The van der Waals surface area contributed by atoms with Crippen molar-refractivity contribution < 1.29 is 0 Å². The first-order chi connectivity index (χ1) is 8.08. The van der Waals surface area contributed by atoms with Crippen molar-refractivity contribution in [2.75, 3.05) is 0 Å². The van der Waals surface area contributed by atoms with E-state index >= 15 is 0 Å². The second-order valence-electron chi connectivity index (χ2n) is 5.49. The second kappa shape index (κ2) is 5.17. The number of hydrazine groups is 1. The lowest BCUT2D eigenvalue weighted by atomic mass is 9.86. The molecule has 3 unspecified atom stereocenters. The minimum Gasteiger partial charge on any atom is -0.314 e. The molecule has 94 valence electrons. The Hall–Kier alpha value is -0.900. The Kier molecular flexibility index (Phi) is 3.82. The first-order valence-corrected chi connectivity index (χ1v) is 6.41. The molecule has 0 bridgehead atoms. The van der Waals surface area contributed by atoms with E-state index in [9.17, 15) is 0 Å². The van der Waals surface area contributed by atoms with Crippen molar-refractivity contribution in [3.05, 3.63) is 35.4 Å². The fraction of sp³-hybridized carbons (Fsp3) is 0.571. The van der Waals surface area contributed by atoms with Gasteiger partial charge in [-0.2, -0.15) is 0 Å². The zero-order chi connectivity index (χ0) is 12.4. The maximum atomic E-state index is 6.14. The van der Waals surface area contributed by atoms with Gasteiger partial charge >= 0.3 is 0 Å². The number of rotatable bonds is 3. The standard InChI is InChI=1S/C14H23N3/c1-9(2)8-12-13(14(15)17-16-12)11-6-4-10(3)5-7-11/h4-7,9,12-14,16-17H,8,15H2,1-3H3. The van der Waals surface area contributed by atoms with E-state index in [1.54, 1.807) is 0 Å². The number of nitrogens with two attached hydrogens (primary N) is 1.